The molecule has 0 aromatic heterocycles. The summed E-state index contributed by atoms with van der Waals surface area (Å²) < 4.78 is 15.3. The maximum absolute atomic E-state index is 9.94. The van der Waals surface area contributed by atoms with Crippen LogP contribution in [0.3, 0.4) is 0 Å². The Labute approximate surface area is 130 Å². The molecule has 11 heteroatoms. The maximum Gasteiger partial charge on any atom is 0.187 e. The lowest BCUT2D eigenvalue weighted by atomic mass is 9.97. The molecule has 8 N–H and O–H groups in total. The average molecular weight is 342 g/mol. The van der Waals surface area contributed by atoms with Crippen molar-refractivity contribution in [3.63, 3.8) is 0 Å². The van der Waals surface area contributed by atoms with Crippen molar-refractivity contribution in [1.82, 2.24) is 0 Å². The van der Waals surface area contributed by atoms with E-state index < -0.39 is 74.6 Å². The van der Waals surface area contributed by atoms with Crippen molar-refractivity contribution in [3.05, 3.63) is 0 Å². The predicted molar refractivity (Wildman–Crippen MR) is 68.6 cm³/mol. The molecule has 23 heavy (non-hydrogen) atoms. The Bertz CT molecular complexity index is 378. The van der Waals surface area contributed by atoms with E-state index in [0.29, 0.717) is 0 Å². The highest BCUT2D eigenvalue weighted by Gasteiger charge is 2.50. The van der Waals surface area contributed by atoms with Crippen LogP contribution < -0.4 is 0 Å². The lowest BCUT2D eigenvalue weighted by molar-refractivity contribution is -0.355. The summed E-state index contributed by atoms with van der Waals surface area (Å²) in [6.07, 6.45) is -15.6. The second-order valence-corrected chi connectivity index (χ2v) is 5.53. The Kier molecular flexibility index (Phi) is 6.27. The van der Waals surface area contributed by atoms with Gasteiger partial charge in [-0.1, -0.05) is 0 Å². The van der Waals surface area contributed by atoms with Gasteiger partial charge in [-0.05, 0) is 0 Å². The molecular weight excluding hydrogens is 320 g/mol. The average Bonchev–Trinajstić information content (AvgIpc) is 2.55. The summed E-state index contributed by atoms with van der Waals surface area (Å²) in [6, 6.07) is 0. The van der Waals surface area contributed by atoms with Crippen LogP contribution in [-0.4, -0.2) is 115 Å². The summed E-state index contributed by atoms with van der Waals surface area (Å²) in [5.74, 6) is 0. The van der Waals surface area contributed by atoms with Gasteiger partial charge < -0.3 is 55.1 Å². The minimum atomic E-state index is -1.74. The third kappa shape index (κ3) is 3.65. The van der Waals surface area contributed by atoms with E-state index in [2.05, 4.69) is 0 Å². The number of rotatable bonds is 4. The van der Waals surface area contributed by atoms with Crippen molar-refractivity contribution in [2.24, 2.45) is 0 Å². The van der Waals surface area contributed by atoms with Crippen LogP contribution >= 0.6 is 0 Å². The van der Waals surface area contributed by atoms with E-state index >= 15 is 0 Å². The fourth-order valence-corrected chi connectivity index (χ4v) is 2.57. The summed E-state index contributed by atoms with van der Waals surface area (Å²) in [7, 11) is 0. The molecule has 11 nitrogen and oxygen atoms in total. The van der Waals surface area contributed by atoms with Crippen molar-refractivity contribution in [1.29, 1.82) is 0 Å². The van der Waals surface area contributed by atoms with E-state index in [9.17, 15) is 35.7 Å². The molecule has 0 aliphatic carbocycles. The van der Waals surface area contributed by atoms with Gasteiger partial charge in [0, 0.05) is 0 Å². The Morgan fingerprint density at radius 1 is 0.652 bits per heavy atom. The van der Waals surface area contributed by atoms with Gasteiger partial charge in [0.25, 0.3) is 0 Å². The number of aliphatic hydroxyl groups is 8. The first-order chi connectivity index (χ1) is 10.8. The van der Waals surface area contributed by atoms with Crippen molar-refractivity contribution >= 4 is 0 Å². The summed E-state index contributed by atoms with van der Waals surface area (Å²) in [6.45, 7) is -1.35. The molecule has 0 spiro atoms. The van der Waals surface area contributed by atoms with Gasteiger partial charge in [-0.2, -0.15) is 0 Å². The molecule has 0 saturated carbocycles. The van der Waals surface area contributed by atoms with Crippen molar-refractivity contribution in [2.45, 2.75) is 61.4 Å². The van der Waals surface area contributed by atoms with Gasteiger partial charge >= 0.3 is 0 Å². The van der Waals surface area contributed by atoms with E-state index in [-0.39, 0.29) is 0 Å². The highest BCUT2D eigenvalue weighted by atomic mass is 16.7. The van der Waals surface area contributed by atoms with Gasteiger partial charge in [-0.25, -0.2) is 0 Å². The highest BCUT2D eigenvalue weighted by molar-refractivity contribution is 4.93. The molecule has 136 valence electrons. The Morgan fingerprint density at radius 2 is 1.26 bits per heavy atom. The van der Waals surface area contributed by atoms with Crippen LogP contribution in [0.15, 0.2) is 0 Å². The minimum absolute atomic E-state index is 0.667. The minimum Gasteiger partial charge on any atom is -0.394 e. The van der Waals surface area contributed by atoms with Gasteiger partial charge in [-0.3, -0.25) is 0 Å². The van der Waals surface area contributed by atoms with E-state index in [4.69, 9.17) is 19.3 Å². The maximum atomic E-state index is 9.94. The molecule has 0 unspecified atom stereocenters. The lowest BCUT2D eigenvalue weighted by Crippen LogP contribution is -2.64. The van der Waals surface area contributed by atoms with Crippen LogP contribution in [0.4, 0.5) is 0 Å². The molecule has 2 heterocycles. The summed E-state index contributed by atoms with van der Waals surface area (Å²) >= 11 is 0. The third-order valence-electron chi connectivity index (χ3n) is 3.98. The van der Waals surface area contributed by atoms with Gasteiger partial charge in [0.05, 0.1) is 13.2 Å². The zero-order valence-electron chi connectivity index (χ0n) is 12.0. The van der Waals surface area contributed by atoms with Crippen LogP contribution in [0.5, 0.6) is 0 Å². The quantitative estimate of drug-likeness (QED) is 0.243. The van der Waals surface area contributed by atoms with Crippen molar-refractivity contribution < 1.29 is 55.1 Å². The SMILES string of the molecule is OC[C@@H]1O[C@H](O)[C@H](O)[C@@H](O)[C@@H]1O[C@@H]1O[C@H](CO)[C@H](O)[C@H](O)[C@H]1O. The van der Waals surface area contributed by atoms with E-state index in [1.807, 2.05) is 0 Å². The Balaban J connectivity index is 2.11. The largest absolute Gasteiger partial charge is 0.394 e. The summed E-state index contributed by atoms with van der Waals surface area (Å²) in [5, 5.41) is 76.5. The van der Waals surface area contributed by atoms with Gasteiger partial charge in [-0.15, -0.1) is 0 Å². The molecular formula is C12H22O11. The first-order valence-electron chi connectivity index (χ1n) is 7.08. The van der Waals surface area contributed by atoms with Crippen LogP contribution in [-0.2, 0) is 14.2 Å². The standard InChI is InChI=1S/C12H22O11/c13-1-3-5(15)6(16)9(19)12(22-3)23-10-4(2-14)21-11(20)8(18)7(10)17/h3-20H,1-2H2/t3-,4+,5+,6+,7-,8-,9-,10-,11+,12+/m1/s1. The molecule has 0 radical (unpaired) electrons. The van der Waals surface area contributed by atoms with Crippen molar-refractivity contribution in [3.8, 4) is 0 Å². The van der Waals surface area contributed by atoms with Crippen LogP contribution in [0.25, 0.3) is 0 Å². The highest BCUT2D eigenvalue weighted by Crippen LogP contribution is 2.28. The molecule has 2 rings (SSSR count). The predicted octanol–water partition coefficient (Wildman–Crippen LogP) is -5.40. The molecule has 0 bridgehead atoms. The number of aliphatic hydroxyl groups excluding tert-OH is 8. The summed E-state index contributed by atoms with van der Waals surface area (Å²) in [5.41, 5.74) is 0. The van der Waals surface area contributed by atoms with Gasteiger partial charge in [0.15, 0.2) is 12.6 Å². The topological polar surface area (TPSA) is 190 Å². The zero-order valence-corrected chi connectivity index (χ0v) is 12.0. The fraction of sp³-hybridized carbons (Fsp3) is 1.00. The normalized spacial score (nSPS) is 51.7. The molecule has 10 atom stereocenters. The molecule has 2 saturated heterocycles. The second-order valence-electron chi connectivity index (χ2n) is 5.53. The number of hydrogen-bond donors (Lipinski definition) is 8. The van der Waals surface area contributed by atoms with Crippen LogP contribution in [0.2, 0.25) is 0 Å². The monoisotopic (exact) mass is 342 g/mol. The second kappa shape index (κ2) is 7.63. The Morgan fingerprint density at radius 3 is 1.83 bits per heavy atom. The lowest BCUT2D eigenvalue weighted by Gasteiger charge is -2.45. The molecule has 2 aliphatic rings. The molecule has 2 fully saturated rings. The first kappa shape index (κ1) is 18.9. The number of ether oxygens (including phenoxy) is 3. The number of hydrogen-bond acceptors (Lipinski definition) is 11. The van der Waals surface area contributed by atoms with Crippen LogP contribution in [0, 0.1) is 0 Å². The molecule has 0 amide bonds. The van der Waals surface area contributed by atoms with Crippen LogP contribution in [0.1, 0.15) is 0 Å². The van der Waals surface area contributed by atoms with Gasteiger partial charge in [0.1, 0.15) is 48.8 Å². The Hall–Kier alpha value is -0.440. The third-order valence-corrected chi connectivity index (χ3v) is 3.98. The van der Waals surface area contributed by atoms with E-state index in [1.165, 1.54) is 0 Å². The van der Waals surface area contributed by atoms with E-state index in [0.717, 1.165) is 0 Å². The molecule has 2 aliphatic heterocycles. The smallest absolute Gasteiger partial charge is 0.187 e. The first-order valence-corrected chi connectivity index (χ1v) is 7.08. The van der Waals surface area contributed by atoms with Crippen molar-refractivity contribution in [2.75, 3.05) is 13.2 Å². The zero-order chi connectivity index (χ0) is 17.3. The molecule has 0 aromatic carbocycles. The van der Waals surface area contributed by atoms with Gasteiger partial charge in [0.2, 0.25) is 0 Å². The van der Waals surface area contributed by atoms with E-state index in [1.54, 1.807) is 0 Å². The summed E-state index contributed by atoms with van der Waals surface area (Å²) in [4.78, 5) is 0. The fourth-order valence-electron chi connectivity index (χ4n) is 2.57. The molecule has 0 aromatic rings.